The van der Waals surface area contributed by atoms with Gasteiger partial charge in [0.1, 0.15) is 35.1 Å². The molecule has 5 atom stereocenters. The van der Waals surface area contributed by atoms with Gasteiger partial charge in [-0.25, -0.2) is 27.0 Å². The van der Waals surface area contributed by atoms with Gasteiger partial charge in [0.05, 0.1) is 41.6 Å². The number of carbonyl (C=O) groups excluding carboxylic acids is 4. The van der Waals surface area contributed by atoms with Crippen LogP contribution in [0.1, 0.15) is 108 Å². The Morgan fingerprint density at radius 3 is 2.52 bits per heavy atom. The van der Waals surface area contributed by atoms with E-state index in [4.69, 9.17) is 14.2 Å². The Labute approximate surface area is 336 Å². The van der Waals surface area contributed by atoms with Crippen LogP contribution in [0.15, 0.2) is 30.4 Å². The Kier molecular flexibility index (Phi) is 10.1. The molecule has 6 aliphatic rings. The van der Waals surface area contributed by atoms with Crippen molar-refractivity contribution in [3.8, 4) is 11.5 Å². The van der Waals surface area contributed by atoms with E-state index >= 15 is 8.78 Å². The molecule has 0 unspecified atom stereocenters. The monoisotopic (exact) mass is 827 g/mol. The fourth-order valence-corrected chi connectivity index (χ4v) is 10.5. The zero-order valence-electron chi connectivity index (χ0n) is 33.0. The second kappa shape index (κ2) is 14.6. The Morgan fingerprint density at radius 1 is 1.05 bits per heavy atom. The van der Waals surface area contributed by atoms with E-state index in [1.165, 1.54) is 18.1 Å². The van der Waals surface area contributed by atoms with E-state index in [2.05, 4.69) is 20.3 Å². The van der Waals surface area contributed by atoms with Gasteiger partial charge in [0.25, 0.3) is 11.8 Å². The van der Waals surface area contributed by atoms with E-state index in [0.717, 1.165) is 19.3 Å². The lowest BCUT2D eigenvalue weighted by atomic mass is 9.84. The Balaban J connectivity index is 1.16. The predicted molar refractivity (Wildman–Crippen MR) is 207 cm³/mol. The van der Waals surface area contributed by atoms with Crippen LogP contribution in [0.2, 0.25) is 0 Å². The second-order valence-electron chi connectivity index (χ2n) is 17.4. The van der Waals surface area contributed by atoms with Crippen molar-refractivity contribution in [3.63, 3.8) is 0 Å². The topological polar surface area (TPSA) is 182 Å². The number of ether oxygens (including phenoxy) is 3. The fourth-order valence-electron chi connectivity index (χ4n) is 9.23. The zero-order chi connectivity index (χ0) is 41.3. The van der Waals surface area contributed by atoms with E-state index in [1.807, 2.05) is 6.08 Å². The molecule has 3 N–H and O–H groups in total. The summed E-state index contributed by atoms with van der Waals surface area (Å²) in [6.45, 7) is 2.65. The van der Waals surface area contributed by atoms with Crippen LogP contribution in [0, 0.1) is 12.8 Å². The third-order valence-corrected chi connectivity index (χ3v) is 15.2. The molecule has 0 radical (unpaired) electrons. The van der Waals surface area contributed by atoms with Gasteiger partial charge in [-0.3, -0.25) is 19.1 Å². The minimum atomic E-state index is -4.08. The molecule has 1 aromatic carbocycles. The van der Waals surface area contributed by atoms with Gasteiger partial charge in [0.2, 0.25) is 21.8 Å². The van der Waals surface area contributed by atoms with Crippen molar-refractivity contribution in [2.75, 3.05) is 13.7 Å². The number of aromatic nitrogens is 1. The van der Waals surface area contributed by atoms with Crippen LogP contribution >= 0.6 is 0 Å². The van der Waals surface area contributed by atoms with E-state index in [0.29, 0.717) is 56.2 Å². The summed E-state index contributed by atoms with van der Waals surface area (Å²) in [5, 5.41) is 5.66. The maximum atomic E-state index is 16.8. The molecule has 1 spiro atoms. The first kappa shape index (κ1) is 40.2. The number of hydrogen-bond donors (Lipinski definition) is 3. The Morgan fingerprint density at radius 2 is 1.79 bits per heavy atom. The van der Waals surface area contributed by atoms with Crippen molar-refractivity contribution >= 4 is 44.7 Å². The summed E-state index contributed by atoms with van der Waals surface area (Å²) in [6.07, 6.45) is 8.21. The summed E-state index contributed by atoms with van der Waals surface area (Å²) in [7, 11) is -2.65. The molecule has 3 aliphatic heterocycles. The number of hydrogen-bond acceptors (Lipinski definition) is 10. The number of pyridine rings is 1. The maximum absolute atomic E-state index is 16.8. The smallest absolute Gasteiger partial charge is 0.408 e. The highest BCUT2D eigenvalue weighted by Gasteiger charge is 2.65. The quantitative estimate of drug-likeness (QED) is 0.328. The van der Waals surface area contributed by atoms with Gasteiger partial charge in [0.15, 0.2) is 5.75 Å². The molecule has 58 heavy (non-hydrogen) atoms. The number of halogens is 2. The van der Waals surface area contributed by atoms with Gasteiger partial charge in [-0.05, 0) is 96.3 Å². The highest BCUT2D eigenvalue weighted by molar-refractivity contribution is 7.91. The lowest BCUT2D eigenvalue weighted by molar-refractivity contribution is -0.141. The minimum absolute atomic E-state index is 0.0969. The van der Waals surface area contributed by atoms with Gasteiger partial charge < -0.3 is 29.7 Å². The highest BCUT2D eigenvalue weighted by atomic mass is 32.2. The number of methoxy groups -OCH3 is 1. The molecular weight excluding hydrogens is 777 g/mol. The lowest BCUT2D eigenvalue weighted by Gasteiger charge is -2.40. The van der Waals surface area contributed by atoms with Crippen LogP contribution in [0.25, 0.3) is 10.9 Å². The Bertz CT molecular complexity index is 2170. The number of fused-ring (bicyclic) bond motifs is 5. The minimum Gasteiger partial charge on any atom is -0.497 e. The SMILES string of the molecule is COc1ccc2nc(C)c3c(c2c1)C(F)(F)C[C@]1(C[C@H]2C(=O)N[C@]4(C(=O)NS(=O)(=O)C5(C)CC5)C[C@H]4/C=C\CCCCC[C@H](NC(=O)OC4CCCC4)C(=O)N2C1)O3. The summed E-state index contributed by atoms with van der Waals surface area (Å²) in [6, 6.07) is 2.09. The molecule has 1 aromatic heterocycles. The average molecular weight is 828 g/mol. The first-order valence-corrected chi connectivity index (χ1v) is 21.9. The Hall–Kier alpha value is -4.54. The van der Waals surface area contributed by atoms with Gasteiger partial charge in [-0.2, -0.15) is 0 Å². The van der Waals surface area contributed by atoms with Crippen molar-refractivity contribution in [2.45, 2.75) is 144 Å². The molecule has 3 aliphatic carbocycles. The van der Waals surface area contributed by atoms with Crippen LogP contribution in [0.3, 0.4) is 0 Å². The summed E-state index contributed by atoms with van der Waals surface area (Å²) in [4.78, 5) is 62.3. The first-order valence-electron chi connectivity index (χ1n) is 20.4. The largest absolute Gasteiger partial charge is 0.497 e. The van der Waals surface area contributed by atoms with Gasteiger partial charge >= 0.3 is 6.09 Å². The normalized spacial score (nSPS) is 31.1. The van der Waals surface area contributed by atoms with Crippen LogP contribution < -0.4 is 24.8 Å². The number of nitrogens with zero attached hydrogens (tertiary/aromatic N) is 2. The molecule has 2 aromatic rings. The number of rotatable bonds is 6. The molecule has 0 bridgehead atoms. The van der Waals surface area contributed by atoms with Crippen molar-refractivity contribution in [3.05, 3.63) is 41.6 Å². The maximum Gasteiger partial charge on any atom is 0.408 e. The molecule has 17 heteroatoms. The van der Waals surface area contributed by atoms with Crippen LogP contribution in [0.5, 0.6) is 11.5 Å². The van der Waals surface area contributed by atoms with Crippen molar-refractivity contribution in [2.24, 2.45) is 5.92 Å². The number of benzene rings is 1. The third-order valence-electron chi connectivity index (χ3n) is 13.0. The molecule has 14 nitrogen and oxygen atoms in total. The van der Waals surface area contributed by atoms with E-state index in [9.17, 15) is 27.6 Å². The standard InChI is InChI=1S/C41H51F2N5O9S/c1-24-33-32(28-19-27(55-3)15-16-29(28)44-24)41(42,43)22-39(57-33)21-31-34(49)46-40(36(51)47-58(53,54)38(2)17-18-38)20-25(40)11-7-5-4-6-8-14-30(35(50)48(31)23-39)45-37(52)56-26-12-9-10-13-26/h7,11,15-16,19,25-26,30-31H,4-6,8-10,12-14,17-18,20-23H2,1-3H3,(H,45,52)(H,46,49)(H,47,51)/b11-7-/t25-,30+,31+,39+,40-/m1/s1. The molecular formula is C41H51F2N5O9S. The molecule has 8 rings (SSSR count). The van der Waals surface area contributed by atoms with Crippen molar-refractivity contribution in [1.82, 2.24) is 25.2 Å². The van der Waals surface area contributed by atoms with E-state index in [1.54, 1.807) is 32.1 Å². The number of alkyl halides is 2. The summed E-state index contributed by atoms with van der Waals surface area (Å²) in [5.74, 6) is -6.30. The van der Waals surface area contributed by atoms with Gasteiger partial charge in [-0.15, -0.1) is 0 Å². The number of carbonyl (C=O) groups is 4. The molecule has 4 fully saturated rings. The van der Waals surface area contributed by atoms with E-state index in [-0.39, 0.29) is 47.8 Å². The molecule has 314 valence electrons. The lowest BCUT2D eigenvalue weighted by Crippen LogP contribution is -2.58. The number of amides is 4. The predicted octanol–water partition coefficient (Wildman–Crippen LogP) is 5.20. The number of nitrogens with one attached hydrogen (secondary N) is 3. The summed E-state index contributed by atoms with van der Waals surface area (Å²) >= 11 is 0. The molecule has 4 heterocycles. The van der Waals surface area contributed by atoms with Crippen LogP contribution in [0.4, 0.5) is 13.6 Å². The number of sulfonamides is 1. The zero-order valence-corrected chi connectivity index (χ0v) is 33.9. The van der Waals surface area contributed by atoms with Gasteiger partial charge in [-0.1, -0.05) is 25.0 Å². The van der Waals surface area contributed by atoms with Gasteiger partial charge in [0, 0.05) is 17.7 Å². The first-order chi connectivity index (χ1) is 27.5. The third kappa shape index (κ3) is 7.36. The molecule has 4 amide bonds. The van der Waals surface area contributed by atoms with Crippen molar-refractivity contribution in [1.29, 1.82) is 0 Å². The number of alkyl carbamates (subject to hydrolysis) is 1. The van der Waals surface area contributed by atoms with Crippen LogP contribution in [-0.2, 0) is 35.1 Å². The number of aryl methyl sites for hydroxylation is 1. The fraction of sp³-hybridized carbons (Fsp3) is 0.634. The number of allylic oxidation sites excluding steroid dienone is 1. The molecule has 1 saturated heterocycles. The van der Waals surface area contributed by atoms with Crippen molar-refractivity contribution < 1.29 is 50.6 Å². The van der Waals surface area contributed by atoms with Crippen LogP contribution in [-0.4, -0.2) is 89.8 Å². The second-order valence-corrected chi connectivity index (χ2v) is 19.6. The molecule has 3 saturated carbocycles. The highest BCUT2D eigenvalue weighted by Crippen LogP contribution is 2.55. The summed E-state index contributed by atoms with van der Waals surface area (Å²) in [5.41, 5.74) is -3.33. The summed E-state index contributed by atoms with van der Waals surface area (Å²) < 4.78 is 78.7. The van der Waals surface area contributed by atoms with E-state index < -0.39 is 86.6 Å². The average Bonchev–Trinajstić information content (AvgIpc) is 3.96.